The van der Waals surface area contributed by atoms with Crippen molar-refractivity contribution >= 4 is 27.3 Å². The van der Waals surface area contributed by atoms with Crippen LogP contribution in [-0.2, 0) is 10.0 Å². The van der Waals surface area contributed by atoms with E-state index >= 15 is 0 Å². The van der Waals surface area contributed by atoms with Crippen LogP contribution in [0, 0.1) is 0 Å². The van der Waals surface area contributed by atoms with Gasteiger partial charge in [0.25, 0.3) is 0 Å². The highest BCUT2D eigenvalue weighted by molar-refractivity contribution is 7.89. The van der Waals surface area contributed by atoms with Crippen molar-refractivity contribution in [2.24, 2.45) is 0 Å². The number of rotatable bonds is 4. The van der Waals surface area contributed by atoms with Gasteiger partial charge in [-0.2, -0.15) is 4.31 Å². The molecule has 0 radical (unpaired) electrons. The highest BCUT2D eigenvalue weighted by atomic mass is 35.5. The van der Waals surface area contributed by atoms with Gasteiger partial charge in [-0.05, 0) is 24.3 Å². The van der Waals surface area contributed by atoms with E-state index in [1.54, 1.807) is 7.11 Å². The van der Waals surface area contributed by atoms with Gasteiger partial charge in [-0.3, -0.25) is 0 Å². The summed E-state index contributed by atoms with van der Waals surface area (Å²) in [7, 11) is -1.91. The summed E-state index contributed by atoms with van der Waals surface area (Å²) >= 11 is 5.72. The lowest BCUT2D eigenvalue weighted by Gasteiger charge is -2.35. The van der Waals surface area contributed by atoms with E-state index in [9.17, 15) is 8.42 Å². The maximum atomic E-state index is 12.7. The number of hydrogen-bond acceptors (Lipinski definition) is 5. The van der Waals surface area contributed by atoms with E-state index in [-0.39, 0.29) is 10.0 Å². The SMILES string of the molecule is COc1ccccc1N1CCN(S(=O)(=O)c2ccc(Cl)nc2)CC1. The van der Waals surface area contributed by atoms with Gasteiger partial charge in [-0.25, -0.2) is 13.4 Å². The average Bonchev–Trinajstić information content (AvgIpc) is 2.62. The van der Waals surface area contributed by atoms with E-state index < -0.39 is 10.0 Å². The zero-order chi connectivity index (χ0) is 17.2. The Morgan fingerprint density at radius 3 is 2.42 bits per heavy atom. The van der Waals surface area contributed by atoms with Crippen LogP contribution in [0.4, 0.5) is 5.69 Å². The Morgan fingerprint density at radius 1 is 1.08 bits per heavy atom. The van der Waals surface area contributed by atoms with Crippen molar-refractivity contribution in [2.75, 3.05) is 38.2 Å². The molecular weight excluding hydrogens is 350 g/mol. The van der Waals surface area contributed by atoms with Crippen molar-refractivity contribution in [1.29, 1.82) is 0 Å². The summed E-state index contributed by atoms with van der Waals surface area (Å²) < 4.78 is 32.2. The molecule has 1 fully saturated rings. The number of sulfonamides is 1. The van der Waals surface area contributed by atoms with Crippen molar-refractivity contribution in [3.05, 3.63) is 47.7 Å². The molecular formula is C16H18ClN3O3S. The molecule has 3 rings (SSSR count). The first-order chi connectivity index (χ1) is 11.5. The zero-order valence-electron chi connectivity index (χ0n) is 13.2. The smallest absolute Gasteiger partial charge is 0.244 e. The summed E-state index contributed by atoms with van der Waals surface area (Å²) in [5.41, 5.74) is 0.977. The number of pyridine rings is 1. The van der Waals surface area contributed by atoms with Gasteiger partial charge in [0.2, 0.25) is 10.0 Å². The van der Waals surface area contributed by atoms with Crippen LogP contribution in [-0.4, -0.2) is 51.0 Å². The van der Waals surface area contributed by atoms with Crippen LogP contribution in [0.2, 0.25) is 5.15 Å². The normalized spacial score (nSPS) is 16.2. The molecule has 1 aliphatic heterocycles. The predicted molar refractivity (Wildman–Crippen MR) is 93.2 cm³/mol. The van der Waals surface area contributed by atoms with Crippen molar-refractivity contribution in [3.8, 4) is 5.75 Å². The van der Waals surface area contributed by atoms with Crippen LogP contribution in [0.5, 0.6) is 5.75 Å². The summed E-state index contributed by atoms with van der Waals surface area (Å²) in [5, 5.41) is 0.273. The van der Waals surface area contributed by atoms with Gasteiger partial charge in [-0.1, -0.05) is 23.7 Å². The van der Waals surface area contributed by atoms with E-state index in [1.165, 1.54) is 22.6 Å². The third-order valence-corrected chi connectivity index (χ3v) is 6.11. The van der Waals surface area contributed by atoms with Crippen LogP contribution in [0.3, 0.4) is 0 Å². The fraction of sp³-hybridized carbons (Fsp3) is 0.312. The lowest BCUT2D eigenvalue weighted by molar-refractivity contribution is 0.378. The highest BCUT2D eigenvalue weighted by Gasteiger charge is 2.29. The quantitative estimate of drug-likeness (QED) is 0.775. The molecule has 0 bridgehead atoms. The number of para-hydroxylation sites is 2. The van der Waals surface area contributed by atoms with Gasteiger partial charge < -0.3 is 9.64 Å². The van der Waals surface area contributed by atoms with E-state index in [1.807, 2.05) is 24.3 Å². The molecule has 0 unspecified atom stereocenters. The van der Waals surface area contributed by atoms with Crippen molar-refractivity contribution in [3.63, 3.8) is 0 Å². The number of benzene rings is 1. The monoisotopic (exact) mass is 367 g/mol. The van der Waals surface area contributed by atoms with Crippen LogP contribution in [0.25, 0.3) is 0 Å². The lowest BCUT2D eigenvalue weighted by atomic mass is 10.2. The lowest BCUT2D eigenvalue weighted by Crippen LogP contribution is -2.48. The molecule has 24 heavy (non-hydrogen) atoms. The van der Waals surface area contributed by atoms with Crippen LogP contribution in [0.15, 0.2) is 47.5 Å². The topological polar surface area (TPSA) is 62.7 Å². The average molecular weight is 368 g/mol. The molecule has 0 atom stereocenters. The van der Waals surface area contributed by atoms with Gasteiger partial charge in [-0.15, -0.1) is 0 Å². The molecule has 2 aromatic rings. The van der Waals surface area contributed by atoms with Gasteiger partial charge in [0.1, 0.15) is 15.8 Å². The molecule has 0 N–H and O–H groups in total. The Labute approximate surface area is 146 Å². The molecule has 0 amide bonds. The van der Waals surface area contributed by atoms with Gasteiger partial charge >= 0.3 is 0 Å². The maximum absolute atomic E-state index is 12.7. The maximum Gasteiger partial charge on any atom is 0.244 e. The molecule has 2 heterocycles. The molecule has 8 heteroatoms. The minimum Gasteiger partial charge on any atom is -0.495 e. The van der Waals surface area contributed by atoms with Crippen molar-refractivity contribution in [1.82, 2.24) is 9.29 Å². The number of halogens is 1. The molecule has 0 spiro atoms. The highest BCUT2D eigenvalue weighted by Crippen LogP contribution is 2.29. The summed E-state index contributed by atoms with van der Waals surface area (Å²) in [5.74, 6) is 0.788. The molecule has 0 saturated carbocycles. The Bertz CT molecular complexity index is 804. The fourth-order valence-corrected chi connectivity index (χ4v) is 4.20. The number of piperazine rings is 1. The number of nitrogens with zero attached hydrogens (tertiary/aromatic N) is 3. The van der Waals surface area contributed by atoms with E-state index in [0.29, 0.717) is 26.2 Å². The van der Waals surface area contributed by atoms with Crippen LogP contribution < -0.4 is 9.64 Å². The van der Waals surface area contributed by atoms with Crippen molar-refractivity contribution in [2.45, 2.75) is 4.90 Å². The minimum absolute atomic E-state index is 0.164. The van der Waals surface area contributed by atoms with E-state index in [4.69, 9.17) is 16.3 Å². The third kappa shape index (κ3) is 3.33. The van der Waals surface area contributed by atoms with E-state index in [0.717, 1.165) is 11.4 Å². The summed E-state index contributed by atoms with van der Waals surface area (Å²) in [4.78, 5) is 6.15. The first-order valence-electron chi connectivity index (χ1n) is 7.52. The number of hydrogen-bond donors (Lipinski definition) is 0. The second-order valence-electron chi connectivity index (χ2n) is 5.38. The molecule has 1 aromatic carbocycles. The Balaban J connectivity index is 1.74. The van der Waals surface area contributed by atoms with Gasteiger partial charge in [0.05, 0.1) is 12.8 Å². The first kappa shape index (κ1) is 17.0. The summed E-state index contributed by atoms with van der Waals surface area (Å²) in [6, 6.07) is 10.7. The molecule has 6 nitrogen and oxygen atoms in total. The molecule has 0 aliphatic carbocycles. The standard InChI is InChI=1S/C16H18ClN3O3S/c1-23-15-5-3-2-4-14(15)19-8-10-20(11-9-19)24(21,22)13-6-7-16(17)18-12-13/h2-7,12H,8-11H2,1H3. The molecule has 1 saturated heterocycles. The molecule has 1 aromatic heterocycles. The van der Waals surface area contributed by atoms with E-state index in [2.05, 4.69) is 9.88 Å². The van der Waals surface area contributed by atoms with Gasteiger partial charge in [0, 0.05) is 32.4 Å². The fourth-order valence-electron chi connectivity index (χ4n) is 2.72. The number of aromatic nitrogens is 1. The summed E-state index contributed by atoms with van der Waals surface area (Å²) in [6.07, 6.45) is 1.30. The third-order valence-electron chi connectivity index (χ3n) is 4.00. The Kier molecular flexibility index (Phi) is 4.93. The Hall–Kier alpha value is -1.83. The number of anilines is 1. The molecule has 128 valence electrons. The largest absolute Gasteiger partial charge is 0.495 e. The number of ether oxygens (including phenoxy) is 1. The second kappa shape index (κ2) is 6.96. The summed E-state index contributed by atoms with van der Waals surface area (Å²) in [6.45, 7) is 2.01. The Morgan fingerprint density at radius 2 is 1.79 bits per heavy atom. The van der Waals surface area contributed by atoms with Gasteiger partial charge in [0.15, 0.2) is 0 Å². The predicted octanol–water partition coefficient (Wildman–Crippen LogP) is 2.25. The molecule has 1 aliphatic rings. The minimum atomic E-state index is -3.55. The first-order valence-corrected chi connectivity index (χ1v) is 9.34. The van der Waals surface area contributed by atoms with Crippen LogP contribution in [0.1, 0.15) is 0 Å². The second-order valence-corrected chi connectivity index (χ2v) is 7.70. The number of methoxy groups -OCH3 is 1. The zero-order valence-corrected chi connectivity index (χ0v) is 14.8. The van der Waals surface area contributed by atoms with Crippen molar-refractivity contribution < 1.29 is 13.2 Å². The van der Waals surface area contributed by atoms with Crippen LogP contribution >= 0.6 is 11.6 Å².